The molecule has 0 radical (unpaired) electrons. The van der Waals surface area contributed by atoms with Gasteiger partial charge in [-0.1, -0.05) is 12.7 Å². The van der Waals surface area contributed by atoms with Gasteiger partial charge < -0.3 is 14.7 Å². The Kier molecular flexibility index (Phi) is 4.71. The van der Waals surface area contributed by atoms with Gasteiger partial charge in [0.25, 0.3) is 0 Å². The highest BCUT2D eigenvalue weighted by Gasteiger charge is 2.36. The van der Waals surface area contributed by atoms with Gasteiger partial charge in [-0.25, -0.2) is 13.2 Å². The van der Waals surface area contributed by atoms with Gasteiger partial charge in [0, 0.05) is 6.54 Å². The summed E-state index contributed by atoms with van der Waals surface area (Å²) in [6, 6.07) is -0.876. The standard InChI is InChI=1S/C10H15NO6S/c1-2-4-17-10(14)11-3-5-18(15,16)7-8(11)6-9(12)13/h2,8H,1,3-7H2,(H,12,13). The summed E-state index contributed by atoms with van der Waals surface area (Å²) in [6.45, 7) is 3.34. The molecule has 0 aromatic rings. The Bertz CT molecular complexity index is 443. The second kappa shape index (κ2) is 5.85. The Hall–Kier alpha value is -1.57. The van der Waals surface area contributed by atoms with Crippen molar-refractivity contribution in [2.75, 3.05) is 24.7 Å². The number of carbonyl (C=O) groups is 2. The number of amides is 1. The summed E-state index contributed by atoms with van der Waals surface area (Å²) in [5, 5.41) is 8.72. The number of sulfone groups is 1. The first-order chi connectivity index (χ1) is 8.35. The highest BCUT2D eigenvalue weighted by molar-refractivity contribution is 7.91. The molecule has 1 saturated heterocycles. The number of carboxylic acid groups (broad SMARTS) is 1. The van der Waals surface area contributed by atoms with E-state index in [4.69, 9.17) is 9.84 Å². The number of hydrogen-bond acceptors (Lipinski definition) is 5. The molecular weight excluding hydrogens is 262 g/mol. The Balaban J connectivity index is 2.77. The SMILES string of the molecule is C=CCOC(=O)N1CCS(=O)(=O)CC1CC(=O)O. The Morgan fingerprint density at radius 1 is 1.50 bits per heavy atom. The first-order valence-electron chi connectivity index (χ1n) is 5.32. The first-order valence-corrected chi connectivity index (χ1v) is 7.14. The van der Waals surface area contributed by atoms with Gasteiger partial charge in [-0.05, 0) is 0 Å². The molecule has 1 N–H and O–H groups in total. The molecule has 7 nitrogen and oxygen atoms in total. The van der Waals surface area contributed by atoms with Crippen molar-refractivity contribution in [2.24, 2.45) is 0 Å². The van der Waals surface area contributed by atoms with Gasteiger partial charge >= 0.3 is 12.1 Å². The van der Waals surface area contributed by atoms with Crippen LogP contribution in [-0.4, -0.2) is 61.2 Å². The fraction of sp³-hybridized carbons (Fsp3) is 0.600. The lowest BCUT2D eigenvalue weighted by molar-refractivity contribution is -0.138. The van der Waals surface area contributed by atoms with Crippen LogP contribution in [0.3, 0.4) is 0 Å². The van der Waals surface area contributed by atoms with Crippen LogP contribution in [-0.2, 0) is 19.4 Å². The summed E-state index contributed by atoms with van der Waals surface area (Å²) >= 11 is 0. The minimum Gasteiger partial charge on any atom is -0.481 e. The van der Waals surface area contributed by atoms with Crippen molar-refractivity contribution in [3.05, 3.63) is 12.7 Å². The minimum absolute atomic E-state index is 0.00186. The van der Waals surface area contributed by atoms with Gasteiger partial charge in [-0.15, -0.1) is 0 Å². The summed E-state index contributed by atoms with van der Waals surface area (Å²) in [5.74, 6) is -1.67. The van der Waals surface area contributed by atoms with Crippen LogP contribution in [0.25, 0.3) is 0 Å². The molecule has 0 saturated carbocycles. The fourth-order valence-corrected chi connectivity index (χ4v) is 3.24. The lowest BCUT2D eigenvalue weighted by Crippen LogP contribution is -2.52. The van der Waals surface area contributed by atoms with E-state index in [9.17, 15) is 18.0 Å². The van der Waals surface area contributed by atoms with Crippen LogP contribution in [0.5, 0.6) is 0 Å². The average Bonchev–Trinajstić information content (AvgIpc) is 2.24. The zero-order valence-electron chi connectivity index (χ0n) is 9.74. The third kappa shape index (κ3) is 4.02. The van der Waals surface area contributed by atoms with Crippen LogP contribution < -0.4 is 0 Å². The van der Waals surface area contributed by atoms with Gasteiger partial charge in [0.05, 0.1) is 24.0 Å². The number of aliphatic carboxylic acids is 1. The van der Waals surface area contributed by atoms with Crippen molar-refractivity contribution >= 4 is 21.9 Å². The average molecular weight is 277 g/mol. The van der Waals surface area contributed by atoms with Gasteiger partial charge in [0.15, 0.2) is 9.84 Å². The van der Waals surface area contributed by atoms with E-state index in [-0.39, 0.29) is 24.7 Å². The maximum atomic E-state index is 11.6. The molecule has 102 valence electrons. The number of carboxylic acids is 1. The van der Waals surface area contributed by atoms with Crippen molar-refractivity contribution in [1.29, 1.82) is 0 Å². The maximum Gasteiger partial charge on any atom is 0.410 e. The van der Waals surface area contributed by atoms with Crippen molar-refractivity contribution in [3.63, 3.8) is 0 Å². The van der Waals surface area contributed by atoms with E-state index in [1.54, 1.807) is 0 Å². The van der Waals surface area contributed by atoms with E-state index in [0.29, 0.717) is 0 Å². The van der Waals surface area contributed by atoms with Crippen molar-refractivity contribution in [3.8, 4) is 0 Å². The smallest absolute Gasteiger partial charge is 0.410 e. The topological polar surface area (TPSA) is 101 Å². The fourth-order valence-electron chi connectivity index (χ4n) is 1.71. The third-order valence-corrected chi connectivity index (χ3v) is 4.20. The Labute approximate surface area is 105 Å². The molecule has 0 aromatic carbocycles. The quantitative estimate of drug-likeness (QED) is 0.719. The number of ether oxygens (including phenoxy) is 1. The molecule has 1 unspecified atom stereocenters. The number of hydrogen-bond donors (Lipinski definition) is 1. The minimum atomic E-state index is -3.30. The van der Waals surface area contributed by atoms with E-state index >= 15 is 0 Å². The third-order valence-electron chi connectivity index (χ3n) is 2.50. The molecule has 0 aliphatic carbocycles. The van der Waals surface area contributed by atoms with Gasteiger partial charge in [0.1, 0.15) is 6.61 Å². The van der Waals surface area contributed by atoms with Gasteiger partial charge in [-0.3, -0.25) is 4.79 Å². The van der Waals surface area contributed by atoms with Crippen LogP contribution in [0, 0.1) is 0 Å². The van der Waals surface area contributed by atoms with E-state index in [1.165, 1.54) is 6.08 Å². The van der Waals surface area contributed by atoms with Crippen LogP contribution in [0.15, 0.2) is 12.7 Å². The van der Waals surface area contributed by atoms with Crippen molar-refractivity contribution < 1.29 is 27.9 Å². The summed E-state index contributed by atoms with van der Waals surface area (Å²) in [7, 11) is -3.30. The number of nitrogens with zero attached hydrogens (tertiary/aromatic N) is 1. The second-order valence-electron chi connectivity index (χ2n) is 3.93. The molecule has 1 heterocycles. The van der Waals surface area contributed by atoms with Crippen molar-refractivity contribution in [1.82, 2.24) is 4.90 Å². The van der Waals surface area contributed by atoms with E-state index in [0.717, 1.165) is 4.90 Å². The monoisotopic (exact) mass is 277 g/mol. The lowest BCUT2D eigenvalue weighted by Gasteiger charge is -2.33. The van der Waals surface area contributed by atoms with Crippen LogP contribution in [0.2, 0.25) is 0 Å². The number of carbonyl (C=O) groups excluding carboxylic acids is 1. The van der Waals surface area contributed by atoms with E-state index in [2.05, 4.69) is 6.58 Å². The van der Waals surface area contributed by atoms with Gasteiger partial charge in [-0.2, -0.15) is 0 Å². The molecule has 1 amide bonds. The predicted molar refractivity (Wildman–Crippen MR) is 62.9 cm³/mol. The first kappa shape index (κ1) is 14.5. The van der Waals surface area contributed by atoms with Crippen LogP contribution in [0.4, 0.5) is 4.79 Å². The molecule has 1 atom stereocenters. The molecule has 0 bridgehead atoms. The van der Waals surface area contributed by atoms with Crippen molar-refractivity contribution in [2.45, 2.75) is 12.5 Å². The van der Waals surface area contributed by atoms with E-state index in [1.807, 2.05) is 0 Å². The maximum absolute atomic E-state index is 11.6. The molecule has 1 aliphatic heterocycles. The molecule has 0 spiro atoms. The van der Waals surface area contributed by atoms with Crippen LogP contribution in [0.1, 0.15) is 6.42 Å². The highest BCUT2D eigenvalue weighted by atomic mass is 32.2. The van der Waals surface area contributed by atoms with E-state index < -0.39 is 34.4 Å². The summed E-state index contributed by atoms with van der Waals surface area (Å²) in [6.07, 6.45) is 0.253. The lowest BCUT2D eigenvalue weighted by atomic mass is 10.2. The largest absolute Gasteiger partial charge is 0.481 e. The Morgan fingerprint density at radius 3 is 2.72 bits per heavy atom. The number of rotatable bonds is 4. The molecule has 18 heavy (non-hydrogen) atoms. The molecule has 0 aromatic heterocycles. The summed E-state index contributed by atoms with van der Waals surface area (Å²) in [4.78, 5) is 23.5. The second-order valence-corrected chi connectivity index (χ2v) is 6.15. The predicted octanol–water partition coefficient (Wildman–Crippen LogP) is -0.117. The van der Waals surface area contributed by atoms with Gasteiger partial charge in [0.2, 0.25) is 0 Å². The molecule has 1 fully saturated rings. The molecule has 8 heteroatoms. The molecule has 1 rings (SSSR count). The highest BCUT2D eigenvalue weighted by Crippen LogP contribution is 2.16. The summed E-state index contributed by atoms with van der Waals surface area (Å²) < 4.78 is 27.7. The molecular formula is C10H15NO6S. The molecule has 1 aliphatic rings. The zero-order chi connectivity index (χ0) is 13.8. The summed E-state index contributed by atoms with van der Waals surface area (Å²) in [5.41, 5.74) is 0. The van der Waals surface area contributed by atoms with Crippen LogP contribution >= 0.6 is 0 Å². The normalized spacial score (nSPS) is 22.2. The zero-order valence-corrected chi connectivity index (χ0v) is 10.6. The Morgan fingerprint density at radius 2 is 2.17 bits per heavy atom.